The maximum Gasteiger partial charge on any atom is 0.239 e. The summed E-state index contributed by atoms with van der Waals surface area (Å²) in [7, 11) is 3.60. The van der Waals surface area contributed by atoms with Crippen LogP contribution in [0.15, 0.2) is 24.3 Å². The molecule has 0 saturated carbocycles. The van der Waals surface area contributed by atoms with Gasteiger partial charge in [-0.15, -0.1) is 0 Å². The molecule has 4 nitrogen and oxygen atoms in total. The van der Waals surface area contributed by atoms with Crippen LogP contribution in [0.4, 0.5) is 0 Å². The van der Waals surface area contributed by atoms with E-state index in [0.29, 0.717) is 19.1 Å². The van der Waals surface area contributed by atoms with Gasteiger partial charge in [0.05, 0.1) is 12.6 Å². The summed E-state index contributed by atoms with van der Waals surface area (Å²) in [5.41, 5.74) is 1.13. The lowest BCUT2D eigenvalue weighted by atomic mass is 10.0. The summed E-state index contributed by atoms with van der Waals surface area (Å²) < 4.78 is 5.50. The monoisotopic (exact) mass is 292 g/mol. The van der Waals surface area contributed by atoms with Crippen LogP contribution in [0.5, 0.6) is 5.75 Å². The van der Waals surface area contributed by atoms with Crippen molar-refractivity contribution in [3.8, 4) is 5.75 Å². The molecule has 1 unspecified atom stereocenters. The number of hydrogen-bond donors (Lipinski definition) is 1. The number of nitrogens with one attached hydrogen (secondary N) is 1. The zero-order chi connectivity index (χ0) is 15.8. The van der Waals surface area contributed by atoms with Gasteiger partial charge in [0.1, 0.15) is 5.75 Å². The standard InChI is InChI=1S/C17H28N2O2/c1-6-21-15-9-7-8-14(11-15)12-18-16(10-13(2)3)17(20)19(4)5/h7-9,11,13,16,18H,6,10,12H2,1-5H3. The van der Waals surface area contributed by atoms with Crippen LogP contribution in [0.3, 0.4) is 0 Å². The van der Waals surface area contributed by atoms with Gasteiger partial charge in [0.2, 0.25) is 5.91 Å². The molecule has 4 heteroatoms. The zero-order valence-corrected chi connectivity index (χ0v) is 13.8. The summed E-state index contributed by atoms with van der Waals surface area (Å²) in [5.74, 6) is 1.47. The zero-order valence-electron chi connectivity index (χ0n) is 13.8. The minimum absolute atomic E-state index is 0.129. The summed E-state index contributed by atoms with van der Waals surface area (Å²) in [6, 6.07) is 7.85. The SMILES string of the molecule is CCOc1cccc(CNC(CC(C)C)C(=O)N(C)C)c1. The van der Waals surface area contributed by atoms with Crippen LogP contribution >= 0.6 is 0 Å². The number of carbonyl (C=O) groups excluding carboxylic acids is 1. The van der Waals surface area contributed by atoms with Gasteiger partial charge < -0.3 is 15.0 Å². The smallest absolute Gasteiger partial charge is 0.239 e. The summed E-state index contributed by atoms with van der Waals surface area (Å²) in [6.07, 6.45) is 0.835. The van der Waals surface area contributed by atoms with Crippen LogP contribution in [0.1, 0.15) is 32.8 Å². The third-order valence-corrected chi connectivity index (χ3v) is 3.21. The molecule has 21 heavy (non-hydrogen) atoms. The lowest BCUT2D eigenvalue weighted by molar-refractivity contribution is -0.131. The molecule has 1 aromatic carbocycles. The van der Waals surface area contributed by atoms with E-state index in [1.165, 1.54) is 0 Å². The van der Waals surface area contributed by atoms with Crippen LogP contribution in [0.25, 0.3) is 0 Å². The van der Waals surface area contributed by atoms with Crippen molar-refractivity contribution in [3.05, 3.63) is 29.8 Å². The van der Waals surface area contributed by atoms with Crippen molar-refractivity contribution >= 4 is 5.91 Å². The molecule has 0 heterocycles. The third-order valence-electron chi connectivity index (χ3n) is 3.21. The first kappa shape index (κ1) is 17.5. The van der Waals surface area contributed by atoms with Crippen LogP contribution in [-0.4, -0.2) is 37.6 Å². The first-order valence-corrected chi connectivity index (χ1v) is 7.60. The van der Waals surface area contributed by atoms with Gasteiger partial charge in [0.15, 0.2) is 0 Å². The van der Waals surface area contributed by atoms with E-state index in [2.05, 4.69) is 19.2 Å². The molecule has 1 atom stereocenters. The van der Waals surface area contributed by atoms with Gasteiger partial charge in [-0.1, -0.05) is 26.0 Å². The lowest BCUT2D eigenvalue weighted by Crippen LogP contribution is -2.44. The minimum atomic E-state index is -0.143. The van der Waals surface area contributed by atoms with Crippen molar-refractivity contribution in [1.82, 2.24) is 10.2 Å². The normalized spacial score (nSPS) is 12.3. The Morgan fingerprint density at radius 3 is 2.62 bits per heavy atom. The average Bonchev–Trinajstić information content (AvgIpc) is 2.43. The van der Waals surface area contributed by atoms with Crippen LogP contribution in [0.2, 0.25) is 0 Å². The minimum Gasteiger partial charge on any atom is -0.494 e. The fourth-order valence-electron chi connectivity index (χ4n) is 2.21. The van der Waals surface area contributed by atoms with Crippen LogP contribution in [0, 0.1) is 5.92 Å². The predicted octanol–water partition coefficient (Wildman–Crippen LogP) is 2.68. The van der Waals surface area contributed by atoms with E-state index in [1.807, 2.05) is 31.2 Å². The number of amides is 1. The maximum absolute atomic E-state index is 12.2. The van der Waals surface area contributed by atoms with Gasteiger partial charge in [0, 0.05) is 20.6 Å². The first-order chi connectivity index (χ1) is 9.93. The molecule has 0 saturated heterocycles. The summed E-state index contributed by atoms with van der Waals surface area (Å²) in [5, 5.41) is 3.37. The Balaban J connectivity index is 2.67. The molecular weight excluding hydrogens is 264 g/mol. The van der Waals surface area contributed by atoms with Gasteiger partial charge in [-0.05, 0) is 37.0 Å². The number of ether oxygens (including phenoxy) is 1. The van der Waals surface area contributed by atoms with Crippen molar-refractivity contribution in [1.29, 1.82) is 0 Å². The number of likely N-dealkylation sites (N-methyl/N-ethyl adjacent to an activating group) is 1. The Labute approximate surface area is 128 Å². The molecule has 1 aromatic rings. The highest BCUT2D eigenvalue weighted by Gasteiger charge is 2.20. The van der Waals surface area contributed by atoms with E-state index in [-0.39, 0.29) is 11.9 Å². The molecule has 0 radical (unpaired) electrons. The van der Waals surface area contributed by atoms with Crippen molar-refractivity contribution in [2.45, 2.75) is 39.8 Å². The van der Waals surface area contributed by atoms with E-state index in [0.717, 1.165) is 17.7 Å². The van der Waals surface area contributed by atoms with E-state index >= 15 is 0 Å². The average molecular weight is 292 g/mol. The molecule has 118 valence electrons. The highest BCUT2D eigenvalue weighted by Crippen LogP contribution is 2.14. The van der Waals surface area contributed by atoms with E-state index < -0.39 is 0 Å². The van der Waals surface area contributed by atoms with Crippen molar-refractivity contribution in [3.63, 3.8) is 0 Å². The Hall–Kier alpha value is -1.55. The molecule has 0 aromatic heterocycles. The lowest BCUT2D eigenvalue weighted by Gasteiger charge is -2.23. The van der Waals surface area contributed by atoms with E-state index in [1.54, 1.807) is 19.0 Å². The molecule has 0 aliphatic carbocycles. The number of benzene rings is 1. The number of carbonyl (C=O) groups is 1. The first-order valence-electron chi connectivity index (χ1n) is 7.60. The molecule has 0 fully saturated rings. The fraction of sp³-hybridized carbons (Fsp3) is 0.588. The van der Waals surface area contributed by atoms with Gasteiger partial charge in [0.25, 0.3) is 0 Å². The third kappa shape index (κ3) is 6.17. The quantitative estimate of drug-likeness (QED) is 0.801. The van der Waals surface area contributed by atoms with E-state index in [9.17, 15) is 4.79 Å². The molecule has 1 N–H and O–H groups in total. The second-order valence-corrected chi connectivity index (χ2v) is 5.88. The number of rotatable bonds is 8. The molecule has 0 bridgehead atoms. The van der Waals surface area contributed by atoms with Gasteiger partial charge in [-0.25, -0.2) is 0 Å². The van der Waals surface area contributed by atoms with Crippen LogP contribution in [-0.2, 0) is 11.3 Å². The maximum atomic E-state index is 12.2. The fourth-order valence-corrected chi connectivity index (χ4v) is 2.21. The van der Waals surface area contributed by atoms with Crippen LogP contribution < -0.4 is 10.1 Å². The number of nitrogens with zero attached hydrogens (tertiary/aromatic N) is 1. The van der Waals surface area contributed by atoms with Crippen molar-refractivity contribution in [2.24, 2.45) is 5.92 Å². The topological polar surface area (TPSA) is 41.6 Å². The predicted molar refractivity (Wildman–Crippen MR) is 86.4 cm³/mol. The molecule has 0 spiro atoms. The largest absolute Gasteiger partial charge is 0.494 e. The molecule has 1 amide bonds. The molecular formula is C17H28N2O2. The summed E-state index contributed by atoms with van der Waals surface area (Å²) >= 11 is 0. The van der Waals surface area contributed by atoms with Gasteiger partial charge in [-0.2, -0.15) is 0 Å². The van der Waals surface area contributed by atoms with Gasteiger partial charge in [-0.3, -0.25) is 4.79 Å². The number of hydrogen-bond acceptors (Lipinski definition) is 3. The van der Waals surface area contributed by atoms with Gasteiger partial charge >= 0.3 is 0 Å². The second kappa shape index (κ2) is 8.67. The molecule has 0 aliphatic heterocycles. The second-order valence-electron chi connectivity index (χ2n) is 5.88. The molecule has 1 rings (SSSR count). The Morgan fingerprint density at radius 1 is 1.33 bits per heavy atom. The highest BCUT2D eigenvalue weighted by molar-refractivity contribution is 5.81. The Bertz CT molecular complexity index is 444. The van der Waals surface area contributed by atoms with E-state index in [4.69, 9.17) is 4.74 Å². The Kier molecular flexibility index (Phi) is 7.23. The van der Waals surface area contributed by atoms with Crippen molar-refractivity contribution < 1.29 is 9.53 Å². The Morgan fingerprint density at radius 2 is 2.05 bits per heavy atom. The summed E-state index contributed by atoms with van der Waals surface area (Å²) in [6.45, 7) is 7.56. The summed E-state index contributed by atoms with van der Waals surface area (Å²) in [4.78, 5) is 13.9. The highest BCUT2D eigenvalue weighted by atomic mass is 16.5. The molecule has 0 aliphatic rings. The van der Waals surface area contributed by atoms with Crippen molar-refractivity contribution in [2.75, 3.05) is 20.7 Å².